The predicted octanol–water partition coefficient (Wildman–Crippen LogP) is 3.83. The van der Waals surface area contributed by atoms with Crippen LogP contribution in [0.4, 0.5) is 4.39 Å². The molecule has 0 spiro atoms. The number of rotatable bonds is 7. The lowest BCUT2D eigenvalue weighted by Crippen LogP contribution is -2.41. The maximum atomic E-state index is 12.9. The summed E-state index contributed by atoms with van der Waals surface area (Å²) in [5, 5.41) is 0. The first kappa shape index (κ1) is 23.6. The summed E-state index contributed by atoms with van der Waals surface area (Å²) in [7, 11) is 0. The fraction of sp³-hybridized carbons (Fsp3) is 0.217. The van der Waals surface area contributed by atoms with Crippen LogP contribution in [0.1, 0.15) is 41.3 Å². The van der Waals surface area contributed by atoms with Gasteiger partial charge in [0.2, 0.25) is 5.91 Å². The van der Waals surface area contributed by atoms with Gasteiger partial charge < -0.3 is 0 Å². The van der Waals surface area contributed by atoms with Gasteiger partial charge in [0.25, 0.3) is 11.8 Å². The first-order valence-corrected chi connectivity index (χ1v) is 11.3. The third-order valence-corrected chi connectivity index (χ3v) is 6.14. The molecule has 2 aromatic carbocycles. The highest BCUT2D eigenvalue weighted by Gasteiger charge is 2.31. The number of nitrogens with one attached hydrogen (secondary N) is 2. The van der Waals surface area contributed by atoms with E-state index in [1.807, 2.05) is 30.3 Å². The first-order valence-electron chi connectivity index (χ1n) is 10.1. The number of carbonyl (C=O) groups excluding carboxylic acids is 3. The van der Waals surface area contributed by atoms with E-state index in [2.05, 4.69) is 17.8 Å². The number of halogens is 1. The minimum atomic E-state index is -0.549. The second-order valence-corrected chi connectivity index (χ2v) is 8.72. The Morgan fingerprint density at radius 2 is 1.78 bits per heavy atom. The fourth-order valence-corrected chi connectivity index (χ4v) is 4.26. The number of amides is 3. The van der Waals surface area contributed by atoms with Crippen LogP contribution < -0.4 is 10.9 Å². The van der Waals surface area contributed by atoms with Crippen LogP contribution in [-0.2, 0) is 16.0 Å². The summed E-state index contributed by atoms with van der Waals surface area (Å²) in [5.74, 6) is -1.58. The third-order valence-electron chi connectivity index (χ3n) is 4.77. The molecule has 0 aliphatic carbocycles. The summed E-state index contributed by atoms with van der Waals surface area (Å²) < 4.78 is 13.4. The lowest BCUT2D eigenvalue weighted by atomic mass is 10.1. The van der Waals surface area contributed by atoms with Gasteiger partial charge in [-0.3, -0.25) is 30.1 Å². The van der Waals surface area contributed by atoms with E-state index in [1.165, 1.54) is 34.4 Å². The van der Waals surface area contributed by atoms with Gasteiger partial charge >= 0.3 is 0 Å². The Bertz CT molecular complexity index is 1050. The number of hydrogen-bond donors (Lipinski definition) is 2. The lowest BCUT2D eigenvalue weighted by molar-refractivity contribution is -0.124. The van der Waals surface area contributed by atoms with Gasteiger partial charge in [-0.25, -0.2) is 4.39 Å². The van der Waals surface area contributed by atoms with Crippen molar-refractivity contribution in [3.05, 3.63) is 75.9 Å². The Morgan fingerprint density at radius 1 is 1.09 bits per heavy atom. The minimum Gasteiger partial charge on any atom is -0.293 e. The van der Waals surface area contributed by atoms with Crippen LogP contribution in [0, 0.1) is 5.82 Å². The van der Waals surface area contributed by atoms with E-state index >= 15 is 0 Å². The first-order chi connectivity index (χ1) is 15.4. The van der Waals surface area contributed by atoms with E-state index in [1.54, 1.807) is 0 Å². The Labute approximate surface area is 195 Å². The van der Waals surface area contributed by atoms with Gasteiger partial charge in [0.1, 0.15) is 10.1 Å². The number of carbonyl (C=O) groups is 3. The van der Waals surface area contributed by atoms with Gasteiger partial charge in [-0.05, 0) is 54.3 Å². The molecule has 32 heavy (non-hydrogen) atoms. The number of thiocarbonyl (C=S) groups is 1. The van der Waals surface area contributed by atoms with E-state index in [4.69, 9.17) is 12.2 Å². The molecule has 1 saturated heterocycles. The normalized spacial score (nSPS) is 14.7. The van der Waals surface area contributed by atoms with E-state index in [-0.39, 0.29) is 17.9 Å². The van der Waals surface area contributed by atoms with Crippen molar-refractivity contribution in [2.75, 3.05) is 6.54 Å². The van der Waals surface area contributed by atoms with Crippen molar-refractivity contribution >= 4 is 52.1 Å². The lowest BCUT2D eigenvalue weighted by Gasteiger charge is -2.14. The van der Waals surface area contributed by atoms with Crippen molar-refractivity contribution < 1.29 is 18.8 Å². The highest BCUT2D eigenvalue weighted by Crippen LogP contribution is 2.32. The number of hydrogen-bond acceptors (Lipinski definition) is 5. The second-order valence-electron chi connectivity index (χ2n) is 7.04. The Balaban J connectivity index is 1.45. The average Bonchev–Trinajstić information content (AvgIpc) is 3.05. The molecule has 2 N–H and O–H groups in total. The molecule has 1 fully saturated rings. The van der Waals surface area contributed by atoms with Crippen LogP contribution in [0.15, 0.2) is 53.4 Å². The molecule has 1 heterocycles. The van der Waals surface area contributed by atoms with Crippen molar-refractivity contribution in [2.24, 2.45) is 0 Å². The molecular formula is C23H22FN3O3S2. The van der Waals surface area contributed by atoms with Gasteiger partial charge in [-0.2, -0.15) is 0 Å². The maximum absolute atomic E-state index is 12.9. The standard InChI is InChI=1S/C23H22FN3O3S2/c1-2-15-5-7-16(8-6-15)14-19-22(30)27(23(31)32-19)13-3-4-20(28)25-26-21(29)17-9-11-18(24)12-10-17/h5-12,14H,2-4,13H2,1H3,(H,25,28)(H,26,29)/b19-14+. The third kappa shape index (κ3) is 6.24. The van der Waals surface area contributed by atoms with Crippen LogP contribution in [0.25, 0.3) is 6.08 Å². The van der Waals surface area contributed by atoms with Crippen molar-refractivity contribution in [3.8, 4) is 0 Å². The number of thioether (sulfide) groups is 1. The molecule has 0 aromatic heterocycles. The highest BCUT2D eigenvalue weighted by molar-refractivity contribution is 8.26. The molecular weight excluding hydrogens is 449 g/mol. The average molecular weight is 472 g/mol. The van der Waals surface area contributed by atoms with Crippen molar-refractivity contribution in [2.45, 2.75) is 26.2 Å². The van der Waals surface area contributed by atoms with Crippen molar-refractivity contribution in [1.29, 1.82) is 0 Å². The largest absolute Gasteiger partial charge is 0.293 e. The molecule has 0 atom stereocenters. The molecule has 0 unspecified atom stereocenters. The topological polar surface area (TPSA) is 78.5 Å². The second kappa shape index (κ2) is 11.0. The molecule has 9 heteroatoms. The molecule has 0 radical (unpaired) electrons. The van der Waals surface area contributed by atoms with Gasteiger partial charge in [0, 0.05) is 18.5 Å². The number of nitrogens with zero attached hydrogens (tertiary/aromatic N) is 1. The molecule has 0 bridgehead atoms. The zero-order valence-corrected chi connectivity index (χ0v) is 19.0. The minimum absolute atomic E-state index is 0.0955. The number of aryl methyl sites for hydroxylation is 1. The molecule has 166 valence electrons. The molecule has 0 saturated carbocycles. The van der Waals surface area contributed by atoms with E-state index in [9.17, 15) is 18.8 Å². The smallest absolute Gasteiger partial charge is 0.269 e. The van der Waals surface area contributed by atoms with Crippen LogP contribution in [0.5, 0.6) is 0 Å². The van der Waals surface area contributed by atoms with Gasteiger partial charge in [0.15, 0.2) is 0 Å². The van der Waals surface area contributed by atoms with E-state index < -0.39 is 17.6 Å². The molecule has 6 nitrogen and oxygen atoms in total. The summed E-state index contributed by atoms with van der Waals surface area (Å²) in [6.07, 6.45) is 3.24. The Hall–Kier alpha value is -3.04. The van der Waals surface area contributed by atoms with E-state index in [0.717, 1.165) is 24.1 Å². The van der Waals surface area contributed by atoms with Crippen molar-refractivity contribution in [3.63, 3.8) is 0 Å². The summed E-state index contributed by atoms with van der Waals surface area (Å²) in [6.45, 7) is 2.38. The Kier molecular flexibility index (Phi) is 8.13. The highest BCUT2D eigenvalue weighted by atomic mass is 32.2. The van der Waals surface area contributed by atoms with Crippen LogP contribution in [-0.4, -0.2) is 33.5 Å². The SMILES string of the molecule is CCc1ccc(/C=C2/SC(=S)N(CCCC(=O)NNC(=O)c3ccc(F)cc3)C2=O)cc1. The van der Waals surface area contributed by atoms with E-state index in [0.29, 0.717) is 22.2 Å². The maximum Gasteiger partial charge on any atom is 0.269 e. The van der Waals surface area contributed by atoms with Gasteiger partial charge in [-0.1, -0.05) is 55.2 Å². The van der Waals surface area contributed by atoms with Gasteiger partial charge in [-0.15, -0.1) is 0 Å². The summed E-state index contributed by atoms with van der Waals surface area (Å²) in [5.41, 5.74) is 6.96. The molecule has 3 amide bonds. The fourth-order valence-electron chi connectivity index (χ4n) is 2.95. The predicted molar refractivity (Wildman–Crippen MR) is 127 cm³/mol. The zero-order valence-electron chi connectivity index (χ0n) is 17.4. The number of benzene rings is 2. The van der Waals surface area contributed by atoms with Crippen LogP contribution >= 0.6 is 24.0 Å². The van der Waals surface area contributed by atoms with Crippen LogP contribution in [0.2, 0.25) is 0 Å². The monoisotopic (exact) mass is 471 g/mol. The van der Waals surface area contributed by atoms with Crippen molar-refractivity contribution in [1.82, 2.24) is 15.8 Å². The quantitative estimate of drug-likeness (QED) is 0.365. The zero-order chi connectivity index (χ0) is 23.1. The summed E-state index contributed by atoms with van der Waals surface area (Å²) in [6, 6.07) is 12.9. The summed E-state index contributed by atoms with van der Waals surface area (Å²) in [4.78, 5) is 38.6. The molecule has 2 aromatic rings. The van der Waals surface area contributed by atoms with Gasteiger partial charge in [0.05, 0.1) is 4.91 Å². The molecule has 1 aliphatic rings. The van der Waals surface area contributed by atoms with Crippen LogP contribution in [0.3, 0.4) is 0 Å². The molecule has 1 aliphatic heterocycles. The molecule has 3 rings (SSSR count). The Morgan fingerprint density at radius 3 is 2.44 bits per heavy atom. The number of hydrazine groups is 1. The summed E-state index contributed by atoms with van der Waals surface area (Å²) >= 11 is 6.56.